The first-order valence-corrected chi connectivity index (χ1v) is 8.76. The van der Waals surface area contributed by atoms with Gasteiger partial charge in [0.25, 0.3) is 5.91 Å². The first-order chi connectivity index (χ1) is 13.3. The average Bonchev–Trinajstić information content (AvgIpc) is 3.28. The Bertz CT molecular complexity index is 916. The van der Waals surface area contributed by atoms with Crippen LogP contribution in [0.2, 0.25) is 0 Å². The van der Waals surface area contributed by atoms with Crippen LogP contribution in [-0.4, -0.2) is 57.8 Å². The maximum Gasteiger partial charge on any atom is 0.254 e. The van der Waals surface area contributed by atoms with Gasteiger partial charge in [-0.15, -0.1) is 17.5 Å². The van der Waals surface area contributed by atoms with Crippen molar-refractivity contribution >= 4 is 18.3 Å². The van der Waals surface area contributed by atoms with Gasteiger partial charge < -0.3 is 15.0 Å². The summed E-state index contributed by atoms with van der Waals surface area (Å²) in [5, 5.41) is 14.5. The zero-order chi connectivity index (χ0) is 18.6. The SMILES string of the molecule is COc1ccccc1C1CNCCN1C(=O)c1ccc(-n2cnnn2)cc1.Cl. The molecule has 0 spiro atoms. The molecule has 8 nitrogen and oxygen atoms in total. The smallest absolute Gasteiger partial charge is 0.254 e. The van der Waals surface area contributed by atoms with E-state index in [4.69, 9.17) is 4.74 Å². The molecule has 1 atom stereocenters. The van der Waals surface area contributed by atoms with Gasteiger partial charge in [0.1, 0.15) is 12.1 Å². The number of halogens is 1. The lowest BCUT2D eigenvalue weighted by molar-refractivity contribution is 0.0631. The fourth-order valence-electron chi connectivity index (χ4n) is 3.37. The number of hydrogen-bond acceptors (Lipinski definition) is 6. The third-order valence-electron chi connectivity index (χ3n) is 4.73. The van der Waals surface area contributed by atoms with E-state index in [1.807, 2.05) is 41.3 Å². The summed E-state index contributed by atoms with van der Waals surface area (Å²) in [5.41, 5.74) is 2.44. The number of para-hydroxylation sites is 1. The third-order valence-corrected chi connectivity index (χ3v) is 4.73. The van der Waals surface area contributed by atoms with Gasteiger partial charge in [-0.05, 0) is 40.8 Å². The molecule has 0 aliphatic carbocycles. The monoisotopic (exact) mass is 400 g/mol. The number of benzene rings is 2. The van der Waals surface area contributed by atoms with E-state index >= 15 is 0 Å². The van der Waals surface area contributed by atoms with E-state index in [0.29, 0.717) is 18.7 Å². The molecule has 0 bridgehead atoms. The molecule has 28 heavy (non-hydrogen) atoms. The Morgan fingerprint density at radius 2 is 1.96 bits per heavy atom. The number of nitrogens with one attached hydrogen (secondary N) is 1. The summed E-state index contributed by atoms with van der Waals surface area (Å²) in [7, 11) is 1.65. The van der Waals surface area contributed by atoms with Crippen molar-refractivity contribution in [2.75, 3.05) is 26.7 Å². The number of amides is 1. The van der Waals surface area contributed by atoms with Crippen LogP contribution in [0.4, 0.5) is 0 Å². The summed E-state index contributed by atoms with van der Waals surface area (Å²) in [4.78, 5) is 15.1. The van der Waals surface area contributed by atoms with Crippen molar-refractivity contribution in [2.24, 2.45) is 0 Å². The molecular formula is C19H21ClN6O2. The van der Waals surface area contributed by atoms with Crippen LogP contribution >= 0.6 is 12.4 Å². The molecule has 1 aliphatic rings. The second kappa shape index (κ2) is 8.81. The molecule has 2 aromatic carbocycles. The minimum Gasteiger partial charge on any atom is -0.496 e. The Morgan fingerprint density at radius 3 is 2.68 bits per heavy atom. The van der Waals surface area contributed by atoms with Gasteiger partial charge in [-0.1, -0.05) is 18.2 Å². The Labute approximate surface area is 168 Å². The molecule has 1 fully saturated rings. The molecule has 1 saturated heterocycles. The summed E-state index contributed by atoms with van der Waals surface area (Å²) in [6.45, 7) is 2.09. The predicted molar refractivity (Wildman–Crippen MR) is 106 cm³/mol. The highest BCUT2D eigenvalue weighted by atomic mass is 35.5. The van der Waals surface area contributed by atoms with Crippen LogP contribution in [0.5, 0.6) is 5.75 Å². The summed E-state index contributed by atoms with van der Waals surface area (Å²) in [6, 6.07) is 15.0. The van der Waals surface area contributed by atoms with Crippen molar-refractivity contribution in [3.8, 4) is 11.4 Å². The molecular weight excluding hydrogens is 380 g/mol. The quantitative estimate of drug-likeness (QED) is 0.719. The number of carbonyl (C=O) groups excluding carboxylic acids is 1. The number of aromatic nitrogens is 4. The highest BCUT2D eigenvalue weighted by molar-refractivity contribution is 5.94. The summed E-state index contributed by atoms with van der Waals surface area (Å²) >= 11 is 0. The molecule has 1 unspecified atom stereocenters. The van der Waals surface area contributed by atoms with Crippen LogP contribution in [0.25, 0.3) is 5.69 Å². The van der Waals surface area contributed by atoms with Gasteiger partial charge in [0.15, 0.2) is 0 Å². The minimum absolute atomic E-state index is 0. The van der Waals surface area contributed by atoms with Crippen LogP contribution in [-0.2, 0) is 0 Å². The van der Waals surface area contributed by atoms with Crippen molar-refractivity contribution in [2.45, 2.75) is 6.04 Å². The first kappa shape index (κ1) is 19.8. The van der Waals surface area contributed by atoms with Gasteiger partial charge in [-0.3, -0.25) is 4.79 Å². The second-order valence-electron chi connectivity index (χ2n) is 6.26. The number of nitrogens with zero attached hydrogens (tertiary/aromatic N) is 5. The van der Waals surface area contributed by atoms with Crippen molar-refractivity contribution in [1.29, 1.82) is 0 Å². The zero-order valence-electron chi connectivity index (χ0n) is 15.4. The Balaban J connectivity index is 0.00000225. The lowest BCUT2D eigenvalue weighted by atomic mass is 10.0. The fraction of sp³-hybridized carbons (Fsp3) is 0.263. The topological polar surface area (TPSA) is 85.2 Å². The predicted octanol–water partition coefficient (Wildman–Crippen LogP) is 1.88. The van der Waals surface area contributed by atoms with Gasteiger partial charge in [0, 0.05) is 30.8 Å². The van der Waals surface area contributed by atoms with Crippen molar-refractivity contribution in [3.63, 3.8) is 0 Å². The van der Waals surface area contributed by atoms with E-state index in [-0.39, 0.29) is 24.4 Å². The second-order valence-corrected chi connectivity index (χ2v) is 6.26. The zero-order valence-corrected chi connectivity index (χ0v) is 16.2. The van der Waals surface area contributed by atoms with Crippen LogP contribution in [0.15, 0.2) is 54.9 Å². The molecule has 2 heterocycles. The van der Waals surface area contributed by atoms with Gasteiger partial charge in [0.05, 0.1) is 18.8 Å². The number of piperazine rings is 1. The Morgan fingerprint density at radius 1 is 1.18 bits per heavy atom. The highest BCUT2D eigenvalue weighted by Crippen LogP contribution is 2.31. The lowest BCUT2D eigenvalue weighted by Crippen LogP contribution is -2.48. The third kappa shape index (κ3) is 3.83. The number of tetrazole rings is 1. The summed E-state index contributed by atoms with van der Waals surface area (Å²) in [5.74, 6) is 0.786. The van der Waals surface area contributed by atoms with Crippen molar-refractivity contribution < 1.29 is 9.53 Å². The minimum atomic E-state index is -0.0819. The van der Waals surface area contributed by atoms with Crippen LogP contribution in [0, 0.1) is 0 Å². The van der Waals surface area contributed by atoms with Gasteiger partial charge in [-0.2, -0.15) is 0 Å². The molecule has 1 N–H and O–H groups in total. The van der Waals surface area contributed by atoms with Crippen molar-refractivity contribution in [3.05, 3.63) is 66.0 Å². The molecule has 3 aromatic rings. The van der Waals surface area contributed by atoms with E-state index < -0.39 is 0 Å². The molecule has 1 amide bonds. The lowest BCUT2D eigenvalue weighted by Gasteiger charge is -2.37. The molecule has 1 aromatic heterocycles. The summed E-state index contributed by atoms with van der Waals surface area (Å²) in [6.07, 6.45) is 1.52. The van der Waals surface area contributed by atoms with Crippen LogP contribution < -0.4 is 10.1 Å². The van der Waals surface area contributed by atoms with E-state index in [1.54, 1.807) is 23.9 Å². The molecule has 146 valence electrons. The summed E-state index contributed by atoms with van der Waals surface area (Å²) < 4.78 is 7.05. The number of carbonyl (C=O) groups is 1. The number of methoxy groups -OCH3 is 1. The Kier molecular flexibility index (Phi) is 6.23. The van der Waals surface area contributed by atoms with Gasteiger partial charge in [-0.25, -0.2) is 4.68 Å². The maximum atomic E-state index is 13.2. The maximum absolute atomic E-state index is 13.2. The molecule has 9 heteroatoms. The van der Waals surface area contributed by atoms with Crippen molar-refractivity contribution in [1.82, 2.24) is 30.4 Å². The number of hydrogen-bond donors (Lipinski definition) is 1. The molecule has 1 aliphatic heterocycles. The largest absolute Gasteiger partial charge is 0.496 e. The number of rotatable bonds is 4. The molecule has 0 saturated carbocycles. The van der Waals surface area contributed by atoms with E-state index in [9.17, 15) is 4.79 Å². The number of ether oxygens (including phenoxy) is 1. The molecule has 0 radical (unpaired) electrons. The van der Waals surface area contributed by atoms with Crippen LogP contribution in [0.3, 0.4) is 0 Å². The highest BCUT2D eigenvalue weighted by Gasteiger charge is 2.30. The molecule has 4 rings (SSSR count). The fourth-order valence-corrected chi connectivity index (χ4v) is 3.37. The standard InChI is InChI=1S/C19H20N6O2.ClH/c1-27-18-5-3-2-4-16(18)17-12-20-10-11-24(17)19(26)14-6-8-15(9-7-14)25-13-21-22-23-25;/h2-9,13,17,20H,10-12H2,1H3;1H. The van der Waals surface area contributed by atoms with E-state index in [2.05, 4.69) is 20.8 Å². The van der Waals surface area contributed by atoms with E-state index in [0.717, 1.165) is 23.5 Å². The van der Waals surface area contributed by atoms with Gasteiger partial charge >= 0.3 is 0 Å². The average molecular weight is 401 g/mol. The Hall–Kier alpha value is -2.97. The van der Waals surface area contributed by atoms with E-state index in [1.165, 1.54) is 6.33 Å². The van der Waals surface area contributed by atoms with Crippen LogP contribution in [0.1, 0.15) is 22.0 Å². The first-order valence-electron chi connectivity index (χ1n) is 8.76. The normalized spacial score (nSPS) is 16.3. The van der Waals surface area contributed by atoms with Gasteiger partial charge in [0.2, 0.25) is 0 Å².